The summed E-state index contributed by atoms with van der Waals surface area (Å²) >= 11 is 7.30. The molecule has 0 unspecified atom stereocenters. The molecule has 0 fully saturated rings. The molecule has 6 nitrogen and oxygen atoms in total. The molecule has 2 rings (SSSR count). The highest BCUT2D eigenvalue weighted by atomic mass is 35.5. The molecule has 2 heterocycles. The number of nitrogens with zero attached hydrogens (tertiary/aromatic N) is 3. The number of hydrogen-bond acceptors (Lipinski definition) is 5. The van der Waals surface area contributed by atoms with Crippen molar-refractivity contribution in [1.29, 1.82) is 0 Å². The third-order valence-electron chi connectivity index (χ3n) is 2.46. The van der Waals surface area contributed by atoms with Crippen LogP contribution in [0.2, 0.25) is 5.02 Å². The van der Waals surface area contributed by atoms with Gasteiger partial charge in [-0.3, -0.25) is 9.48 Å². The van der Waals surface area contributed by atoms with Gasteiger partial charge in [-0.05, 0) is 12.8 Å². The molecule has 2 aromatic heterocycles. The molecule has 2 aromatic rings. The minimum absolute atomic E-state index is 0.252. The van der Waals surface area contributed by atoms with E-state index in [1.54, 1.807) is 13.2 Å². The van der Waals surface area contributed by atoms with Gasteiger partial charge in [0.1, 0.15) is 0 Å². The van der Waals surface area contributed by atoms with Crippen molar-refractivity contribution in [2.24, 2.45) is 7.05 Å². The predicted octanol–water partition coefficient (Wildman–Crippen LogP) is 1.47. The Labute approximate surface area is 119 Å². The van der Waals surface area contributed by atoms with Crippen molar-refractivity contribution in [3.8, 4) is 0 Å². The van der Waals surface area contributed by atoms with Gasteiger partial charge in [0, 0.05) is 25.2 Å². The number of aryl methyl sites for hydroxylation is 2. The number of nitrogens with one attached hydrogen (secondary N) is 1. The number of aromatic nitrogens is 3. The molecule has 0 aliphatic rings. The first-order valence-corrected chi connectivity index (χ1v) is 6.99. The monoisotopic (exact) mass is 299 g/mol. The number of halogens is 1. The average molecular weight is 300 g/mol. The summed E-state index contributed by atoms with van der Waals surface area (Å²) in [6.07, 6.45) is 3.16. The van der Waals surface area contributed by atoms with E-state index in [1.165, 1.54) is 16.0 Å². The Morgan fingerprint density at radius 2 is 2.42 bits per heavy atom. The van der Waals surface area contributed by atoms with E-state index >= 15 is 0 Å². The molecule has 0 atom stereocenters. The average Bonchev–Trinajstić information content (AvgIpc) is 2.90. The summed E-state index contributed by atoms with van der Waals surface area (Å²) in [6.45, 7) is 0.545. The summed E-state index contributed by atoms with van der Waals surface area (Å²) in [6, 6.07) is 0. The Bertz CT molecular complexity index is 579. The Balaban J connectivity index is 1.77. The highest BCUT2D eigenvalue weighted by Gasteiger charge is 2.13. The third kappa shape index (κ3) is 3.68. The van der Waals surface area contributed by atoms with Gasteiger partial charge in [0.05, 0.1) is 10.7 Å². The molecule has 102 valence electrons. The maximum Gasteiger partial charge on any atom is 0.273 e. The normalized spacial score (nSPS) is 10.6. The van der Waals surface area contributed by atoms with Crippen LogP contribution in [0.5, 0.6) is 0 Å². The van der Waals surface area contributed by atoms with Gasteiger partial charge in [0.2, 0.25) is 0 Å². The fourth-order valence-corrected chi connectivity index (χ4v) is 2.47. The number of carbonyl (C=O) groups is 1. The van der Waals surface area contributed by atoms with Crippen LogP contribution in [-0.4, -0.2) is 27.2 Å². The molecule has 0 bridgehead atoms. The lowest BCUT2D eigenvalue weighted by atomic mass is 10.2. The van der Waals surface area contributed by atoms with Crippen LogP contribution in [0.25, 0.3) is 0 Å². The van der Waals surface area contributed by atoms with Crippen molar-refractivity contribution in [2.75, 3.05) is 12.3 Å². The molecular formula is C11H14ClN5OS. The summed E-state index contributed by atoms with van der Waals surface area (Å²) in [7, 11) is 1.72. The quantitative estimate of drug-likeness (QED) is 0.819. The van der Waals surface area contributed by atoms with Crippen LogP contribution in [0.15, 0.2) is 11.6 Å². The van der Waals surface area contributed by atoms with Gasteiger partial charge >= 0.3 is 0 Å². The Kier molecular flexibility index (Phi) is 4.39. The van der Waals surface area contributed by atoms with E-state index in [0.717, 1.165) is 18.5 Å². The topological polar surface area (TPSA) is 85.8 Å². The summed E-state index contributed by atoms with van der Waals surface area (Å²) in [5.41, 5.74) is 6.74. The standard InChI is InChI=1S/C11H14ClN5OS/c1-17-5-8(12)9(16-17)10(18)14-4-2-3-7-6-19-11(13)15-7/h5-6H,2-4H2,1H3,(H2,13,15)(H,14,18). The zero-order valence-corrected chi connectivity index (χ0v) is 12.0. The van der Waals surface area contributed by atoms with Crippen molar-refractivity contribution >= 4 is 34.0 Å². The number of rotatable bonds is 5. The van der Waals surface area contributed by atoms with Gasteiger partial charge in [0.15, 0.2) is 10.8 Å². The Hall–Kier alpha value is -1.60. The van der Waals surface area contributed by atoms with Gasteiger partial charge in [-0.25, -0.2) is 4.98 Å². The summed E-state index contributed by atoms with van der Waals surface area (Å²) in [5.74, 6) is -0.261. The minimum Gasteiger partial charge on any atom is -0.375 e. The molecule has 0 radical (unpaired) electrons. The van der Waals surface area contributed by atoms with Crippen molar-refractivity contribution in [1.82, 2.24) is 20.1 Å². The summed E-state index contributed by atoms with van der Waals surface area (Å²) < 4.78 is 1.51. The van der Waals surface area contributed by atoms with Crippen LogP contribution in [0, 0.1) is 0 Å². The molecule has 0 spiro atoms. The number of hydrogen-bond donors (Lipinski definition) is 2. The molecule has 0 saturated carbocycles. The van der Waals surface area contributed by atoms with Gasteiger partial charge < -0.3 is 11.1 Å². The third-order valence-corrected chi connectivity index (χ3v) is 3.46. The summed E-state index contributed by atoms with van der Waals surface area (Å²) in [4.78, 5) is 15.9. The van der Waals surface area contributed by atoms with E-state index in [-0.39, 0.29) is 11.6 Å². The maximum absolute atomic E-state index is 11.8. The van der Waals surface area contributed by atoms with Crippen LogP contribution in [0.1, 0.15) is 22.6 Å². The van der Waals surface area contributed by atoms with Gasteiger partial charge in [-0.15, -0.1) is 11.3 Å². The van der Waals surface area contributed by atoms with E-state index in [9.17, 15) is 4.79 Å². The molecule has 19 heavy (non-hydrogen) atoms. The van der Waals surface area contributed by atoms with Crippen molar-refractivity contribution in [3.05, 3.63) is 28.0 Å². The minimum atomic E-state index is -0.261. The van der Waals surface area contributed by atoms with Gasteiger partial charge in [-0.1, -0.05) is 11.6 Å². The van der Waals surface area contributed by atoms with Crippen molar-refractivity contribution < 1.29 is 4.79 Å². The second-order valence-corrected chi connectivity index (χ2v) is 5.33. The SMILES string of the molecule is Cn1cc(Cl)c(C(=O)NCCCc2csc(N)n2)n1. The number of anilines is 1. The van der Waals surface area contributed by atoms with Crippen LogP contribution in [0.4, 0.5) is 5.13 Å². The molecule has 0 saturated heterocycles. The first-order valence-electron chi connectivity index (χ1n) is 5.73. The second-order valence-electron chi connectivity index (χ2n) is 4.04. The van der Waals surface area contributed by atoms with Crippen LogP contribution < -0.4 is 11.1 Å². The van der Waals surface area contributed by atoms with Crippen molar-refractivity contribution in [3.63, 3.8) is 0 Å². The zero-order chi connectivity index (χ0) is 13.8. The highest BCUT2D eigenvalue weighted by Crippen LogP contribution is 2.13. The largest absolute Gasteiger partial charge is 0.375 e. The Morgan fingerprint density at radius 1 is 1.63 bits per heavy atom. The molecule has 0 aliphatic carbocycles. The molecule has 3 N–H and O–H groups in total. The molecule has 8 heteroatoms. The van der Waals surface area contributed by atoms with Crippen LogP contribution >= 0.6 is 22.9 Å². The zero-order valence-electron chi connectivity index (χ0n) is 10.4. The lowest BCUT2D eigenvalue weighted by molar-refractivity contribution is 0.0947. The van der Waals surface area contributed by atoms with E-state index < -0.39 is 0 Å². The first kappa shape index (κ1) is 13.8. The first-order chi connectivity index (χ1) is 9.06. The van der Waals surface area contributed by atoms with E-state index in [2.05, 4.69) is 15.4 Å². The van der Waals surface area contributed by atoms with Crippen molar-refractivity contribution in [2.45, 2.75) is 12.8 Å². The smallest absolute Gasteiger partial charge is 0.273 e. The number of carbonyl (C=O) groups excluding carboxylic acids is 1. The van der Waals surface area contributed by atoms with Gasteiger partial charge in [-0.2, -0.15) is 5.10 Å². The molecular weight excluding hydrogens is 286 g/mol. The molecule has 0 aliphatic heterocycles. The fraction of sp³-hybridized carbons (Fsp3) is 0.364. The number of nitrogen functional groups attached to an aromatic ring is 1. The highest BCUT2D eigenvalue weighted by molar-refractivity contribution is 7.13. The van der Waals surface area contributed by atoms with Crippen LogP contribution in [0.3, 0.4) is 0 Å². The fourth-order valence-electron chi connectivity index (χ4n) is 1.61. The Morgan fingerprint density at radius 3 is 3.00 bits per heavy atom. The summed E-state index contributed by atoms with van der Waals surface area (Å²) in [5, 5.41) is 9.62. The second kappa shape index (κ2) is 6.03. The van der Waals surface area contributed by atoms with Gasteiger partial charge in [0.25, 0.3) is 5.91 Å². The lowest BCUT2D eigenvalue weighted by Crippen LogP contribution is -2.25. The maximum atomic E-state index is 11.8. The number of thiazole rings is 1. The number of nitrogens with two attached hydrogens (primary N) is 1. The number of amides is 1. The van der Waals surface area contributed by atoms with E-state index in [0.29, 0.717) is 16.7 Å². The lowest BCUT2D eigenvalue weighted by Gasteiger charge is -2.02. The molecule has 1 amide bonds. The van der Waals surface area contributed by atoms with E-state index in [4.69, 9.17) is 17.3 Å². The van der Waals surface area contributed by atoms with E-state index in [1.807, 2.05) is 5.38 Å². The predicted molar refractivity (Wildman–Crippen MR) is 75.4 cm³/mol. The molecule has 0 aromatic carbocycles. The van der Waals surface area contributed by atoms with Crippen LogP contribution in [-0.2, 0) is 13.5 Å².